The SMILES string of the molecule is NCCc1cccc(Cl)c1OCC1Cc2ccccc2O1. The Morgan fingerprint density at radius 1 is 1.19 bits per heavy atom. The summed E-state index contributed by atoms with van der Waals surface area (Å²) in [5.41, 5.74) is 7.90. The van der Waals surface area contributed by atoms with Gasteiger partial charge in [0.1, 0.15) is 24.2 Å². The van der Waals surface area contributed by atoms with Crippen molar-refractivity contribution in [3.05, 3.63) is 58.6 Å². The van der Waals surface area contributed by atoms with Crippen molar-refractivity contribution >= 4 is 11.6 Å². The fourth-order valence-electron chi connectivity index (χ4n) is 2.59. The summed E-state index contributed by atoms with van der Waals surface area (Å²) < 4.78 is 11.8. The highest BCUT2D eigenvalue weighted by molar-refractivity contribution is 6.32. The molecule has 0 aliphatic carbocycles. The lowest BCUT2D eigenvalue weighted by molar-refractivity contribution is 0.148. The van der Waals surface area contributed by atoms with E-state index in [0.717, 1.165) is 29.9 Å². The van der Waals surface area contributed by atoms with E-state index in [1.807, 2.05) is 36.4 Å². The molecule has 110 valence electrons. The number of ether oxygens (including phenoxy) is 2. The largest absolute Gasteiger partial charge is 0.488 e. The van der Waals surface area contributed by atoms with E-state index in [9.17, 15) is 0 Å². The van der Waals surface area contributed by atoms with Crippen LogP contribution < -0.4 is 15.2 Å². The summed E-state index contributed by atoms with van der Waals surface area (Å²) in [4.78, 5) is 0. The van der Waals surface area contributed by atoms with Gasteiger partial charge in [-0.15, -0.1) is 0 Å². The molecule has 0 saturated heterocycles. The van der Waals surface area contributed by atoms with Crippen molar-refractivity contribution in [2.45, 2.75) is 18.9 Å². The van der Waals surface area contributed by atoms with Crippen LogP contribution in [-0.2, 0) is 12.8 Å². The van der Waals surface area contributed by atoms with Crippen LogP contribution in [0.25, 0.3) is 0 Å². The molecule has 2 aromatic rings. The fraction of sp³-hybridized carbons (Fsp3) is 0.294. The molecule has 0 spiro atoms. The Morgan fingerprint density at radius 2 is 2.05 bits per heavy atom. The van der Waals surface area contributed by atoms with E-state index in [0.29, 0.717) is 18.2 Å². The van der Waals surface area contributed by atoms with Crippen LogP contribution in [0.3, 0.4) is 0 Å². The molecule has 0 fully saturated rings. The molecule has 1 heterocycles. The Hall–Kier alpha value is -1.71. The van der Waals surface area contributed by atoms with Crippen LogP contribution in [-0.4, -0.2) is 19.3 Å². The maximum absolute atomic E-state index is 6.23. The predicted molar refractivity (Wildman–Crippen MR) is 84.3 cm³/mol. The van der Waals surface area contributed by atoms with Crippen molar-refractivity contribution in [3.63, 3.8) is 0 Å². The van der Waals surface area contributed by atoms with Crippen molar-refractivity contribution in [2.75, 3.05) is 13.2 Å². The summed E-state index contributed by atoms with van der Waals surface area (Å²) >= 11 is 6.23. The average Bonchev–Trinajstić information content (AvgIpc) is 2.90. The normalized spacial score (nSPS) is 16.4. The van der Waals surface area contributed by atoms with Crippen LogP contribution in [0, 0.1) is 0 Å². The maximum atomic E-state index is 6.23. The summed E-state index contributed by atoms with van der Waals surface area (Å²) in [5.74, 6) is 1.68. The Bertz CT molecular complexity index is 605. The van der Waals surface area contributed by atoms with E-state index in [-0.39, 0.29) is 6.10 Å². The third-order valence-corrected chi connectivity index (χ3v) is 3.89. The van der Waals surface area contributed by atoms with Crippen molar-refractivity contribution in [3.8, 4) is 11.5 Å². The zero-order chi connectivity index (χ0) is 14.7. The third kappa shape index (κ3) is 3.14. The molecule has 1 aliphatic rings. The standard InChI is InChI=1S/C17H18ClNO2/c18-15-6-3-5-12(8-9-19)17(15)20-11-14-10-13-4-1-2-7-16(13)21-14/h1-7,14H,8-11,19H2. The lowest BCUT2D eigenvalue weighted by atomic mass is 10.1. The average molecular weight is 304 g/mol. The Kier molecular flexibility index (Phi) is 4.32. The first kappa shape index (κ1) is 14.2. The van der Waals surface area contributed by atoms with Crippen molar-refractivity contribution in [1.82, 2.24) is 0 Å². The minimum absolute atomic E-state index is 0.0319. The van der Waals surface area contributed by atoms with Crippen molar-refractivity contribution in [1.29, 1.82) is 0 Å². The molecule has 21 heavy (non-hydrogen) atoms. The van der Waals surface area contributed by atoms with Gasteiger partial charge in [0.2, 0.25) is 0 Å². The van der Waals surface area contributed by atoms with Crippen LogP contribution in [0.15, 0.2) is 42.5 Å². The molecule has 2 N–H and O–H groups in total. The summed E-state index contributed by atoms with van der Waals surface area (Å²) in [6, 6.07) is 13.8. The molecular formula is C17H18ClNO2. The second kappa shape index (κ2) is 6.37. The van der Waals surface area contributed by atoms with E-state index in [1.54, 1.807) is 0 Å². The van der Waals surface area contributed by atoms with E-state index >= 15 is 0 Å². The minimum Gasteiger partial charge on any atom is -0.488 e. The molecule has 3 rings (SSSR count). The van der Waals surface area contributed by atoms with Crippen LogP contribution >= 0.6 is 11.6 Å². The number of nitrogens with two attached hydrogens (primary N) is 1. The smallest absolute Gasteiger partial charge is 0.141 e. The zero-order valence-corrected chi connectivity index (χ0v) is 12.5. The molecule has 3 nitrogen and oxygen atoms in total. The van der Waals surface area contributed by atoms with Crippen molar-refractivity contribution in [2.24, 2.45) is 5.73 Å². The fourth-order valence-corrected chi connectivity index (χ4v) is 2.84. The lowest BCUT2D eigenvalue weighted by Gasteiger charge is -2.16. The maximum Gasteiger partial charge on any atom is 0.141 e. The summed E-state index contributed by atoms with van der Waals surface area (Å²) in [7, 11) is 0. The number of para-hydroxylation sites is 2. The summed E-state index contributed by atoms with van der Waals surface area (Å²) in [6.45, 7) is 1.05. The van der Waals surface area contributed by atoms with E-state index in [1.165, 1.54) is 5.56 Å². The minimum atomic E-state index is 0.0319. The van der Waals surface area contributed by atoms with Gasteiger partial charge < -0.3 is 15.2 Å². The van der Waals surface area contributed by atoms with Crippen LogP contribution in [0.4, 0.5) is 0 Å². The zero-order valence-electron chi connectivity index (χ0n) is 11.7. The van der Waals surface area contributed by atoms with Gasteiger partial charge in [0.15, 0.2) is 0 Å². The highest BCUT2D eigenvalue weighted by Gasteiger charge is 2.23. The number of halogens is 1. The van der Waals surface area contributed by atoms with Gasteiger partial charge in [-0.25, -0.2) is 0 Å². The van der Waals surface area contributed by atoms with Gasteiger partial charge in [-0.05, 0) is 36.2 Å². The molecule has 0 aromatic heterocycles. The first-order chi connectivity index (χ1) is 10.3. The second-order valence-corrected chi connectivity index (χ2v) is 5.54. The second-order valence-electron chi connectivity index (χ2n) is 5.13. The first-order valence-corrected chi connectivity index (χ1v) is 7.50. The molecule has 0 bridgehead atoms. The topological polar surface area (TPSA) is 44.5 Å². The van der Waals surface area contributed by atoms with Gasteiger partial charge in [-0.2, -0.15) is 0 Å². The molecule has 4 heteroatoms. The Labute approximate surface area is 129 Å². The number of benzene rings is 2. The van der Waals surface area contributed by atoms with E-state index in [4.69, 9.17) is 26.8 Å². The lowest BCUT2D eigenvalue weighted by Crippen LogP contribution is -2.23. The first-order valence-electron chi connectivity index (χ1n) is 7.12. The molecule has 2 aromatic carbocycles. The van der Waals surface area contributed by atoms with Gasteiger partial charge in [0.05, 0.1) is 5.02 Å². The highest BCUT2D eigenvalue weighted by Crippen LogP contribution is 2.31. The molecule has 0 radical (unpaired) electrons. The van der Waals surface area contributed by atoms with E-state index in [2.05, 4.69) is 6.07 Å². The third-order valence-electron chi connectivity index (χ3n) is 3.59. The van der Waals surface area contributed by atoms with Crippen molar-refractivity contribution < 1.29 is 9.47 Å². The molecule has 1 atom stereocenters. The number of fused-ring (bicyclic) bond motifs is 1. The Balaban J connectivity index is 1.67. The van der Waals surface area contributed by atoms with Crippen LogP contribution in [0.2, 0.25) is 5.02 Å². The highest BCUT2D eigenvalue weighted by atomic mass is 35.5. The van der Waals surface area contributed by atoms with Gasteiger partial charge in [0, 0.05) is 6.42 Å². The van der Waals surface area contributed by atoms with Gasteiger partial charge in [-0.1, -0.05) is 41.9 Å². The summed E-state index contributed by atoms with van der Waals surface area (Å²) in [5, 5.41) is 0.622. The molecular weight excluding hydrogens is 286 g/mol. The molecule has 1 unspecified atom stereocenters. The molecule has 0 amide bonds. The quantitative estimate of drug-likeness (QED) is 0.922. The number of rotatable bonds is 5. The number of hydrogen-bond acceptors (Lipinski definition) is 3. The van der Waals surface area contributed by atoms with Crippen LogP contribution in [0.5, 0.6) is 11.5 Å². The van der Waals surface area contributed by atoms with Gasteiger partial charge in [0.25, 0.3) is 0 Å². The van der Waals surface area contributed by atoms with Gasteiger partial charge in [-0.3, -0.25) is 0 Å². The molecule has 1 aliphatic heterocycles. The summed E-state index contributed by atoms with van der Waals surface area (Å²) in [6.07, 6.45) is 1.65. The number of hydrogen-bond donors (Lipinski definition) is 1. The van der Waals surface area contributed by atoms with E-state index < -0.39 is 0 Å². The predicted octanol–water partition coefficient (Wildman–Crippen LogP) is 3.22. The Morgan fingerprint density at radius 3 is 2.86 bits per heavy atom. The van der Waals surface area contributed by atoms with Gasteiger partial charge >= 0.3 is 0 Å². The monoisotopic (exact) mass is 303 g/mol. The van der Waals surface area contributed by atoms with Crippen LogP contribution in [0.1, 0.15) is 11.1 Å². The molecule has 0 saturated carbocycles.